The Kier molecular flexibility index (Phi) is 3.74. The van der Waals surface area contributed by atoms with Crippen molar-refractivity contribution in [1.29, 1.82) is 5.26 Å². The smallest absolute Gasteiger partial charge is 0.260 e. The summed E-state index contributed by atoms with van der Waals surface area (Å²) in [5, 5.41) is 14.2. The Labute approximate surface area is 160 Å². The quantitative estimate of drug-likeness (QED) is 0.585. The fourth-order valence-electron chi connectivity index (χ4n) is 3.92. The predicted octanol–water partition coefficient (Wildman–Crippen LogP) is 2.43. The van der Waals surface area contributed by atoms with Gasteiger partial charge in [0, 0.05) is 36.9 Å². The van der Waals surface area contributed by atoms with Gasteiger partial charge in [-0.2, -0.15) is 5.26 Å². The van der Waals surface area contributed by atoms with Crippen molar-refractivity contribution in [3.8, 4) is 17.3 Å². The molecular formula is C21H18N6O. The molecule has 1 aliphatic rings. The van der Waals surface area contributed by atoms with Gasteiger partial charge in [0.15, 0.2) is 5.65 Å². The highest BCUT2D eigenvalue weighted by atomic mass is 16.1. The third kappa shape index (κ3) is 2.58. The maximum absolute atomic E-state index is 12.9. The van der Waals surface area contributed by atoms with Crippen LogP contribution in [0.1, 0.15) is 23.7 Å². The van der Waals surface area contributed by atoms with Gasteiger partial charge in [-0.05, 0) is 43.5 Å². The highest BCUT2D eigenvalue weighted by Crippen LogP contribution is 2.24. The number of nitrogens with one attached hydrogen (secondary N) is 1. The third-order valence-corrected chi connectivity index (χ3v) is 5.33. The summed E-state index contributed by atoms with van der Waals surface area (Å²) in [5.41, 5.74) is 3.50. The van der Waals surface area contributed by atoms with Crippen LogP contribution in [-0.4, -0.2) is 32.0 Å². The predicted molar refractivity (Wildman–Crippen MR) is 106 cm³/mol. The Morgan fingerprint density at radius 1 is 1.32 bits per heavy atom. The fourth-order valence-corrected chi connectivity index (χ4v) is 3.92. The zero-order chi connectivity index (χ0) is 19.3. The number of nitrogens with zero attached hydrogens (tertiary/aromatic N) is 5. The number of pyridine rings is 3. The molecule has 1 N–H and O–H groups in total. The maximum Gasteiger partial charge on any atom is 0.260 e. The van der Waals surface area contributed by atoms with Crippen LogP contribution in [0.5, 0.6) is 0 Å². The van der Waals surface area contributed by atoms with E-state index in [0.717, 1.165) is 41.8 Å². The zero-order valence-electron chi connectivity index (χ0n) is 15.4. The molecule has 1 unspecified atom stereocenters. The van der Waals surface area contributed by atoms with Gasteiger partial charge in [0.2, 0.25) is 0 Å². The molecule has 0 amide bonds. The number of aromatic nitrogens is 4. The number of hydrogen-bond donors (Lipinski definition) is 1. The topological polar surface area (TPSA) is 88.0 Å². The van der Waals surface area contributed by atoms with Gasteiger partial charge in [-0.3, -0.25) is 9.78 Å². The number of fused-ring (bicyclic) bond motifs is 2. The van der Waals surface area contributed by atoms with Gasteiger partial charge >= 0.3 is 0 Å². The average molecular weight is 370 g/mol. The number of hydrogen-bond acceptors (Lipinski definition) is 5. The summed E-state index contributed by atoms with van der Waals surface area (Å²) < 4.78 is 3.65. The van der Waals surface area contributed by atoms with E-state index in [-0.39, 0.29) is 11.6 Å². The minimum absolute atomic E-state index is 0.0105. The molecule has 0 aromatic carbocycles. The molecular weight excluding hydrogens is 352 g/mol. The molecule has 1 saturated heterocycles. The van der Waals surface area contributed by atoms with Crippen molar-refractivity contribution in [2.75, 3.05) is 13.1 Å². The van der Waals surface area contributed by atoms with Gasteiger partial charge in [-0.15, -0.1) is 0 Å². The van der Waals surface area contributed by atoms with Crippen molar-refractivity contribution in [3.63, 3.8) is 0 Å². The first-order valence-corrected chi connectivity index (χ1v) is 9.25. The van der Waals surface area contributed by atoms with Gasteiger partial charge in [-0.1, -0.05) is 0 Å². The zero-order valence-corrected chi connectivity index (χ0v) is 15.4. The Morgan fingerprint density at radius 2 is 2.21 bits per heavy atom. The number of nitriles is 1. The molecule has 0 aliphatic carbocycles. The van der Waals surface area contributed by atoms with Crippen molar-refractivity contribution in [2.24, 2.45) is 0 Å². The number of aryl methyl sites for hydroxylation is 1. The first-order valence-electron chi connectivity index (χ1n) is 9.25. The molecule has 5 rings (SSSR count). The van der Waals surface area contributed by atoms with Crippen molar-refractivity contribution in [1.82, 2.24) is 24.3 Å². The van der Waals surface area contributed by atoms with Crippen molar-refractivity contribution in [2.45, 2.75) is 19.4 Å². The van der Waals surface area contributed by atoms with Gasteiger partial charge < -0.3 is 14.3 Å². The van der Waals surface area contributed by atoms with Gasteiger partial charge in [0.05, 0.1) is 28.4 Å². The summed E-state index contributed by atoms with van der Waals surface area (Å²) in [6, 6.07) is 8.06. The van der Waals surface area contributed by atoms with Gasteiger partial charge in [0.25, 0.3) is 5.56 Å². The molecule has 0 saturated carbocycles. The van der Waals surface area contributed by atoms with Crippen LogP contribution in [-0.2, 0) is 0 Å². The number of rotatable bonds is 2. The van der Waals surface area contributed by atoms with Crippen LogP contribution in [0.2, 0.25) is 0 Å². The molecule has 5 heterocycles. The lowest BCUT2D eigenvalue weighted by molar-refractivity contribution is 0.532. The Morgan fingerprint density at radius 3 is 3.00 bits per heavy atom. The lowest BCUT2D eigenvalue weighted by Gasteiger charge is -2.13. The molecule has 4 aromatic heterocycles. The third-order valence-electron chi connectivity index (χ3n) is 5.33. The summed E-state index contributed by atoms with van der Waals surface area (Å²) in [5.74, 6) is 0. The van der Waals surface area contributed by atoms with E-state index in [1.54, 1.807) is 16.8 Å². The molecule has 1 atom stereocenters. The van der Waals surface area contributed by atoms with Crippen LogP contribution in [0, 0.1) is 18.3 Å². The van der Waals surface area contributed by atoms with Crippen LogP contribution >= 0.6 is 0 Å². The second-order valence-electron chi connectivity index (χ2n) is 7.20. The average Bonchev–Trinajstić information content (AvgIpc) is 3.36. The van der Waals surface area contributed by atoms with E-state index < -0.39 is 0 Å². The Balaban J connectivity index is 1.64. The molecule has 28 heavy (non-hydrogen) atoms. The van der Waals surface area contributed by atoms with E-state index in [9.17, 15) is 10.1 Å². The van der Waals surface area contributed by atoms with E-state index in [4.69, 9.17) is 0 Å². The molecule has 0 bridgehead atoms. The van der Waals surface area contributed by atoms with Crippen molar-refractivity contribution < 1.29 is 0 Å². The lowest BCUT2D eigenvalue weighted by atomic mass is 10.1. The van der Waals surface area contributed by atoms with E-state index in [2.05, 4.69) is 21.4 Å². The Bertz CT molecular complexity index is 1320. The highest BCUT2D eigenvalue weighted by molar-refractivity contribution is 5.84. The minimum atomic E-state index is -0.0105. The summed E-state index contributed by atoms with van der Waals surface area (Å²) in [4.78, 5) is 21.8. The van der Waals surface area contributed by atoms with E-state index >= 15 is 0 Å². The molecule has 4 aromatic rings. The normalized spacial score (nSPS) is 16.6. The Hall–Kier alpha value is -3.50. The fraction of sp³-hybridized carbons (Fsp3) is 0.238. The first-order chi connectivity index (χ1) is 13.6. The largest absolute Gasteiger partial charge is 0.315 e. The second kappa shape index (κ2) is 6.29. The van der Waals surface area contributed by atoms with Gasteiger partial charge in [0.1, 0.15) is 6.07 Å². The molecule has 0 spiro atoms. The SMILES string of the molecule is Cc1cn2cc(-c3cc4ccn(C5CCNC5)c(=O)c4cn3)cc(C#N)c2n1. The molecule has 1 fully saturated rings. The first kappa shape index (κ1) is 16.7. The molecule has 1 aliphatic heterocycles. The highest BCUT2D eigenvalue weighted by Gasteiger charge is 2.18. The van der Waals surface area contributed by atoms with Crippen LogP contribution in [0.4, 0.5) is 0 Å². The van der Waals surface area contributed by atoms with Crippen LogP contribution in [0.25, 0.3) is 27.7 Å². The second-order valence-corrected chi connectivity index (χ2v) is 7.20. The molecule has 138 valence electrons. The minimum Gasteiger partial charge on any atom is -0.315 e. The molecule has 7 nitrogen and oxygen atoms in total. The summed E-state index contributed by atoms with van der Waals surface area (Å²) >= 11 is 0. The van der Waals surface area contributed by atoms with Gasteiger partial charge in [-0.25, -0.2) is 4.98 Å². The van der Waals surface area contributed by atoms with E-state index in [1.807, 2.05) is 42.0 Å². The van der Waals surface area contributed by atoms with Crippen LogP contribution in [0.3, 0.4) is 0 Å². The van der Waals surface area contributed by atoms with Crippen LogP contribution < -0.4 is 10.9 Å². The molecule has 0 radical (unpaired) electrons. The lowest BCUT2D eigenvalue weighted by Crippen LogP contribution is -2.25. The maximum atomic E-state index is 12.9. The van der Waals surface area contributed by atoms with E-state index in [1.165, 1.54) is 0 Å². The monoisotopic (exact) mass is 370 g/mol. The number of imidazole rings is 1. The summed E-state index contributed by atoms with van der Waals surface area (Å²) in [6.45, 7) is 3.65. The van der Waals surface area contributed by atoms with E-state index in [0.29, 0.717) is 16.6 Å². The van der Waals surface area contributed by atoms with Crippen molar-refractivity contribution in [3.05, 3.63) is 64.6 Å². The van der Waals surface area contributed by atoms with Crippen LogP contribution in [0.15, 0.2) is 47.8 Å². The summed E-state index contributed by atoms with van der Waals surface area (Å²) in [6.07, 6.45) is 8.26. The summed E-state index contributed by atoms with van der Waals surface area (Å²) in [7, 11) is 0. The van der Waals surface area contributed by atoms with Crippen molar-refractivity contribution >= 4 is 16.4 Å². The standard InChI is InChI=1S/C21H18N6O/c1-13-11-26-12-16(6-15(8-22)20(26)25-13)19-7-14-3-5-27(17-2-4-23-9-17)21(28)18(14)10-24-19/h3,5-7,10-12,17,23H,2,4,9H2,1H3. The molecule has 7 heteroatoms.